The number of hydrogen-bond acceptors (Lipinski definition) is 3. The molecule has 0 aromatic heterocycles. The fourth-order valence-electron chi connectivity index (χ4n) is 3.13. The van der Waals surface area contributed by atoms with Crippen molar-refractivity contribution < 1.29 is 10.0 Å². The van der Waals surface area contributed by atoms with Crippen LogP contribution in [0.4, 0.5) is 0 Å². The van der Waals surface area contributed by atoms with Crippen LogP contribution in [0.3, 0.4) is 0 Å². The van der Waals surface area contributed by atoms with E-state index in [0.717, 1.165) is 25.7 Å². The second kappa shape index (κ2) is 9.64. The molecule has 0 radical (unpaired) electrons. The largest absolute Gasteiger partial charge is 0.409 e. The minimum atomic E-state index is -0.890. The number of carbonyl (C=O) groups excluding carboxylic acids is 1. The van der Waals surface area contributed by atoms with Gasteiger partial charge in [-0.25, -0.2) is 0 Å². The Balaban J connectivity index is 5.28. The van der Waals surface area contributed by atoms with Gasteiger partial charge in [0.2, 0.25) is 5.91 Å². The van der Waals surface area contributed by atoms with Crippen molar-refractivity contribution in [2.24, 2.45) is 22.2 Å². The van der Waals surface area contributed by atoms with E-state index in [1.165, 1.54) is 0 Å². The van der Waals surface area contributed by atoms with E-state index < -0.39 is 5.41 Å². The van der Waals surface area contributed by atoms with Gasteiger partial charge in [-0.05, 0) is 25.7 Å². The molecule has 0 fully saturated rings. The van der Waals surface area contributed by atoms with Crippen LogP contribution in [0.2, 0.25) is 0 Å². The summed E-state index contributed by atoms with van der Waals surface area (Å²) in [4.78, 5) is 12.8. The van der Waals surface area contributed by atoms with Crippen molar-refractivity contribution in [2.45, 2.75) is 79.2 Å². The number of nitrogens with zero attached hydrogens (tertiary/aromatic N) is 1. The van der Waals surface area contributed by atoms with Crippen LogP contribution in [-0.2, 0) is 4.79 Å². The molecule has 1 unspecified atom stereocenters. The number of oxime groups is 1. The molecule has 0 aliphatic rings. The molecule has 0 heterocycles. The van der Waals surface area contributed by atoms with Crippen LogP contribution in [0.25, 0.3) is 0 Å². The van der Waals surface area contributed by atoms with E-state index in [0.29, 0.717) is 18.8 Å². The third-order valence-corrected chi connectivity index (χ3v) is 4.50. The SMILES string of the molecule is CCCC(CCC)(C(=O)NC(C)C(CC)CC)C(N)=NO. The summed E-state index contributed by atoms with van der Waals surface area (Å²) in [5.74, 6) is 0.364. The maximum absolute atomic E-state index is 12.8. The van der Waals surface area contributed by atoms with Gasteiger partial charge in [0.1, 0.15) is 5.41 Å². The maximum atomic E-state index is 12.8. The van der Waals surface area contributed by atoms with E-state index >= 15 is 0 Å². The number of nitrogens with two attached hydrogens (primary N) is 1. The van der Waals surface area contributed by atoms with Crippen LogP contribution >= 0.6 is 0 Å². The second-order valence-corrected chi connectivity index (χ2v) is 5.91. The summed E-state index contributed by atoms with van der Waals surface area (Å²) in [6, 6.07) is 0.0899. The van der Waals surface area contributed by atoms with Gasteiger partial charge >= 0.3 is 0 Å². The van der Waals surface area contributed by atoms with Gasteiger partial charge in [0, 0.05) is 6.04 Å². The summed E-state index contributed by atoms with van der Waals surface area (Å²) in [7, 11) is 0. The Labute approximate surface area is 129 Å². The number of amidine groups is 1. The zero-order valence-electron chi connectivity index (χ0n) is 14.3. The summed E-state index contributed by atoms with van der Waals surface area (Å²) >= 11 is 0. The molecule has 0 bridgehead atoms. The fourth-order valence-corrected chi connectivity index (χ4v) is 3.13. The minimum absolute atomic E-state index is 0.0282. The maximum Gasteiger partial charge on any atom is 0.234 e. The molecule has 0 spiro atoms. The summed E-state index contributed by atoms with van der Waals surface area (Å²) in [5, 5.41) is 15.3. The van der Waals surface area contributed by atoms with Gasteiger partial charge in [0.15, 0.2) is 5.84 Å². The Bertz CT molecular complexity index is 332. The Hall–Kier alpha value is -1.26. The van der Waals surface area contributed by atoms with Crippen molar-refractivity contribution in [2.75, 3.05) is 0 Å². The highest BCUT2D eigenvalue weighted by atomic mass is 16.4. The fraction of sp³-hybridized carbons (Fsp3) is 0.875. The van der Waals surface area contributed by atoms with Crippen molar-refractivity contribution in [3.63, 3.8) is 0 Å². The molecule has 124 valence electrons. The molecule has 1 amide bonds. The number of carbonyl (C=O) groups is 1. The van der Waals surface area contributed by atoms with Crippen molar-refractivity contribution in [3.05, 3.63) is 0 Å². The van der Waals surface area contributed by atoms with E-state index in [2.05, 4.69) is 24.3 Å². The molecule has 5 nitrogen and oxygen atoms in total. The summed E-state index contributed by atoms with van der Waals surface area (Å²) < 4.78 is 0. The number of amides is 1. The van der Waals surface area contributed by atoms with Crippen molar-refractivity contribution in [1.82, 2.24) is 5.32 Å². The standard InChI is InChI=1S/C16H33N3O2/c1-6-10-16(11-7-2,14(17)19-21)15(20)18-12(5)13(8-3)9-4/h12-13,21H,6-11H2,1-5H3,(H2,17,19)(H,18,20). The number of rotatable bonds is 10. The van der Waals surface area contributed by atoms with E-state index in [9.17, 15) is 4.79 Å². The first-order chi connectivity index (χ1) is 9.93. The first-order valence-electron chi connectivity index (χ1n) is 8.22. The van der Waals surface area contributed by atoms with E-state index in [1.807, 2.05) is 20.8 Å². The van der Waals surface area contributed by atoms with Gasteiger partial charge < -0.3 is 16.3 Å². The quantitative estimate of drug-likeness (QED) is 0.250. The smallest absolute Gasteiger partial charge is 0.234 e. The molecule has 0 rings (SSSR count). The molecule has 0 aliphatic heterocycles. The molecule has 1 atom stereocenters. The topological polar surface area (TPSA) is 87.7 Å². The van der Waals surface area contributed by atoms with Crippen molar-refractivity contribution in [1.29, 1.82) is 0 Å². The third-order valence-electron chi connectivity index (χ3n) is 4.50. The highest BCUT2D eigenvalue weighted by Crippen LogP contribution is 2.31. The molecule has 0 saturated carbocycles. The second-order valence-electron chi connectivity index (χ2n) is 5.91. The molecule has 0 aromatic rings. The lowest BCUT2D eigenvalue weighted by molar-refractivity contribution is -0.129. The molecule has 21 heavy (non-hydrogen) atoms. The molecule has 4 N–H and O–H groups in total. The predicted molar refractivity (Wildman–Crippen MR) is 87.3 cm³/mol. The van der Waals surface area contributed by atoms with Crippen molar-refractivity contribution in [3.8, 4) is 0 Å². The van der Waals surface area contributed by atoms with Crippen LogP contribution in [-0.4, -0.2) is 23.0 Å². The molecular weight excluding hydrogens is 266 g/mol. The Morgan fingerprint density at radius 1 is 1.19 bits per heavy atom. The Kier molecular flexibility index (Phi) is 9.06. The van der Waals surface area contributed by atoms with Crippen LogP contribution in [0.15, 0.2) is 5.16 Å². The van der Waals surface area contributed by atoms with Gasteiger partial charge in [0.25, 0.3) is 0 Å². The van der Waals surface area contributed by atoms with Crippen LogP contribution in [0.1, 0.15) is 73.1 Å². The van der Waals surface area contributed by atoms with Gasteiger partial charge in [-0.3, -0.25) is 4.79 Å². The van der Waals surface area contributed by atoms with Gasteiger partial charge in [0.05, 0.1) is 0 Å². The van der Waals surface area contributed by atoms with Crippen molar-refractivity contribution >= 4 is 11.7 Å². The molecule has 0 aliphatic carbocycles. The normalized spacial score (nSPS) is 14.3. The lowest BCUT2D eigenvalue weighted by atomic mass is 9.76. The summed E-state index contributed by atoms with van der Waals surface area (Å²) in [6.45, 7) is 10.3. The molecule has 5 heteroatoms. The molecule has 0 aromatic carbocycles. The van der Waals surface area contributed by atoms with Gasteiger partial charge in [-0.15, -0.1) is 0 Å². The van der Waals surface area contributed by atoms with E-state index in [4.69, 9.17) is 10.9 Å². The monoisotopic (exact) mass is 299 g/mol. The zero-order chi connectivity index (χ0) is 16.5. The summed E-state index contributed by atoms with van der Waals surface area (Å²) in [6.07, 6.45) is 4.86. The first-order valence-corrected chi connectivity index (χ1v) is 8.22. The summed E-state index contributed by atoms with van der Waals surface area (Å²) in [5.41, 5.74) is 4.99. The Morgan fingerprint density at radius 3 is 2.00 bits per heavy atom. The van der Waals surface area contributed by atoms with Gasteiger partial charge in [-0.2, -0.15) is 0 Å². The predicted octanol–water partition coefficient (Wildman–Crippen LogP) is 3.26. The van der Waals surface area contributed by atoms with Crippen LogP contribution in [0.5, 0.6) is 0 Å². The lowest BCUT2D eigenvalue weighted by Crippen LogP contribution is -2.53. The zero-order valence-corrected chi connectivity index (χ0v) is 14.3. The molecular formula is C16H33N3O2. The van der Waals surface area contributed by atoms with Crippen LogP contribution in [0, 0.1) is 11.3 Å². The average molecular weight is 299 g/mol. The minimum Gasteiger partial charge on any atom is -0.409 e. The highest BCUT2D eigenvalue weighted by molar-refractivity contribution is 6.06. The third kappa shape index (κ3) is 4.90. The number of nitrogens with one attached hydrogen (secondary N) is 1. The van der Waals surface area contributed by atoms with E-state index in [-0.39, 0.29) is 17.8 Å². The van der Waals surface area contributed by atoms with Crippen LogP contribution < -0.4 is 11.1 Å². The Morgan fingerprint density at radius 2 is 1.67 bits per heavy atom. The van der Waals surface area contributed by atoms with Gasteiger partial charge in [-0.1, -0.05) is 58.5 Å². The number of hydrogen-bond donors (Lipinski definition) is 3. The molecule has 0 saturated heterocycles. The highest BCUT2D eigenvalue weighted by Gasteiger charge is 2.42. The lowest BCUT2D eigenvalue weighted by Gasteiger charge is -2.33. The average Bonchev–Trinajstić information content (AvgIpc) is 2.47. The van der Waals surface area contributed by atoms with E-state index in [1.54, 1.807) is 0 Å². The first kappa shape index (κ1) is 19.7.